The number of hydrogen-bond acceptors (Lipinski definition) is 12. The molecule has 0 aromatic carbocycles. The molecule has 0 saturated carbocycles. The van der Waals surface area contributed by atoms with Crippen LogP contribution < -0.4 is 42.6 Å². The first-order valence-corrected chi connectivity index (χ1v) is 10.7. The van der Waals surface area contributed by atoms with Crippen molar-refractivity contribution in [3.63, 3.8) is 0 Å². The van der Waals surface area contributed by atoms with E-state index in [1.807, 2.05) is 32.0 Å². The molecule has 2 bridgehead atoms. The molecule has 1 aliphatic rings. The Bertz CT molecular complexity index is 606. The summed E-state index contributed by atoms with van der Waals surface area (Å²) in [5.41, 5.74) is 3.92. The summed E-state index contributed by atoms with van der Waals surface area (Å²) in [6.07, 6.45) is 2.14. The molecule has 1 aromatic heterocycles. The number of aliphatic imine (C=N–C) groups is 2. The minimum absolute atomic E-state index is 0. The van der Waals surface area contributed by atoms with E-state index in [9.17, 15) is 0 Å². The van der Waals surface area contributed by atoms with Crippen molar-refractivity contribution >= 4 is 11.4 Å². The van der Waals surface area contributed by atoms with E-state index in [-0.39, 0.29) is 16.5 Å². The average molecular weight is 516 g/mol. The third-order valence-corrected chi connectivity index (χ3v) is 3.21. The van der Waals surface area contributed by atoms with Crippen LogP contribution >= 0.6 is 0 Å². The molecule has 0 atom stereocenters. The molecular formula is C15H22Cl2N4NiO8. The minimum atomic E-state index is -4.94. The van der Waals surface area contributed by atoms with Crippen LogP contribution in [0.1, 0.15) is 38.1 Å². The van der Waals surface area contributed by atoms with Gasteiger partial charge in [0, 0.05) is 13.1 Å². The van der Waals surface area contributed by atoms with E-state index in [1.165, 1.54) is 0 Å². The van der Waals surface area contributed by atoms with Crippen LogP contribution in [0.15, 0.2) is 28.2 Å². The Balaban J connectivity index is 0. The fourth-order valence-electron chi connectivity index (χ4n) is 2.03. The second-order valence-electron chi connectivity index (χ2n) is 5.56. The Kier molecular flexibility index (Phi) is 16.7. The molecule has 1 aromatic rings. The number of halogens is 2. The Morgan fingerprint density at radius 3 is 1.40 bits per heavy atom. The molecule has 30 heavy (non-hydrogen) atoms. The topological polar surface area (TPSA) is 234 Å². The Morgan fingerprint density at radius 1 is 0.733 bits per heavy atom. The summed E-state index contributed by atoms with van der Waals surface area (Å²) in [4.78, 5) is 13.8. The van der Waals surface area contributed by atoms with Gasteiger partial charge in [0.15, 0.2) is 0 Å². The van der Waals surface area contributed by atoms with Gasteiger partial charge in [-0.2, -0.15) is 0 Å². The SMILES string of the molecule is CC1=NCCCNCCCN=C(C)c2cccc1n2.[Ni+2].[O-][Cl+3]([O-])([O-])[O-].[O-][Cl+3]([O-])([O-])[O-]. The van der Waals surface area contributed by atoms with Crippen LogP contribution in [0.4, 0.5) is 0 Å². The predicted molar refractivity (Wildman–Crippen MR) is 80.5 cm³/mol. The molecule has 2 rings (SSSR count). The van der Waals surface area contributed by atoms with Crippen molar-refractivity contribution in [3.05, 3.63) is 29.6 Å². The summed E-state index contributed by atoms with van der Waals surface area (Å²) < 4.78 is 67.9. The molecule has 15 heteroatoms. The summed E-state index contributed by atoms with van der Waals surface area (Å²) in [5.74, 6) is 0. The Hall–Kier alpha value is -0.796. The summed E-state index contributed by atoms with van der Waals surface area (Å²) in [7, 11) is -9.89. The van der Waals surface area contributed by atoms with Crippen molar-refractivity contribution in [1.29, 1.82) is 0 Å². The smallest absolute Gasteiger partial charge is 0.317 e. The molecule has 1 aliphatic heterocycles. The first-order valence-electron chi connectivity index (χ1n) is 8.21. The van der Waals surface area contributed by atoms with Gasteiger partial charge in [0.25, 0.3) is 0 Å². The normalized spacial score (nSPS) is 15.5. The number of fused-ring (bicyclic) bond motifs is 2. The van der Waals surface area contributed by atoms with Crippen LogP contribution in [0, 0.1) is 20.5 Å². The molecule has 0 radical (unpaired) electrons. The molecule has 0 amide bonds. The molecule has 12 nitrogen and oxygen atoms in total. The van der Waals surface area contributed by atoms with Crippen LogP contribution in [-0.2, 0) is 16.5 Å². The molecule has 2 heterocycles. The molecule has 0 aliphatic carbocycles. The maximum Gasteiger partial charge on any atom is 2.00 e. The molecule has 0 fully saturated rings. The van der Waals surface area contributed by atoms with Gasteiger partial charge in [-0.3, -0.25) is 9.98 Å². The Labute approximate surface area is 188 Å². The largest absolute Gasteiger partial charge is 2.00 e. The van der Waals surface area contributed by atoms with Crippen LogP contribution in [0.2, 0.25) is 0 Å². The van der Waals surface area contributed by atoms with E-state index >= 15 is 0 Å². The summed E-state index contributed by atoms with van der Waals surface area (Å²) in [6.45, 7) is 7.81. The fraction of sp³-hybridized carbons (Fsp3) is 0.533. The summed E-state index contributed by atoms with van der Waals surface area (Å²) in [5, 5.41) is 3.42. The standard InChI is InChI=1S/C15H22N4.2ClHO4.Ni/c1-12-14-6-3-7-15(19-14)13(2)18-11-5-9-16-8-4-10-17-12;2*2-1(3,4)5;/h3,6-7,16H,4-5,8-11H2,1-2H3;2*(H,2,3,4,5);/q;;;+2/p-2. The van der Waals surface area contributed by atoms with E-state index in [0.717, 1.165) is 61.8 Å². The van der Waals surface area contributed by atoms with E-state index in [4.69, 9.17) is 37.3 Å². The number of pyridine rings is 1. The molecule has 0 saturated heterocycles. The zero-order valence-electron chi connectivity index (χ0n) is 16.2. The third kappa shape index (κ3) is 21.9. The van der Waals surface area contributed by atoms with E-state index in [1.54, 1.807) is 0 Å². The van der Waals surface area contributed by atoms with Crippen molar-refractivity contribution < 1.29 is 74.2 Å². The van der Waals surface area contributed by atoms with Crippen LogP contribution in [0.25, 0.3) is 0 Å². The summed E-state index contributed by atoms with van der Waals surface area (Å²) >= 11 is 0. The molecular weight excluding hydrogens is 494 g/mol. The number of hydrogen-bond donors (Lipinski definition) is 1. The van der Waals surface area contributed by atoms with Crippen LogP contribution in [0.3, 0.4) is 0 Å². The molecule has 1 N–H and O–H groups in total. The molecule has 0 unspecified atom stereocenters. The average Bonchev–Trinajstić information content (AvgIpc) is 2.56. The van der Waals surface area contributed by atoms with Gasteiger partial charge in [-0.1, -0.05) is 6.07 Å². The van der Waals surface area contributed by atoms with E-state index < -0.39 is 20.5 Å². The first-order chi connectivity index (χ1) is 13.3. The number of nitrogens with zero attached hydrogens (tertiary/aromatic N) is 3. The van der Waals surface area contributed by atoms with Gasteiger partial charge in [-0.05, 0) is 51.9 Å². The van der Waals surface area contributed by atoms with Crippen LogP contribution in [0.5, 0.6) is 0 Å². The Morgan fingerprint density at radius 2 is 1.07 bits per heavy atom. The van der Waals surface area contributed by atoms with Crippen molar-refractivity contribution in [3.8, 4) is 0 Å². The van der Waals surface area contributed by atoms with Crippen molar-refractivity contribution in [2.45, 2.75) is 26.7 Å². The fourth-order valence-corrected chi connectivity index (χ4v) is 2.03. The van der Waals surface area contributed by atoms with Gasteiger partial charge in [0.2, 0.25) is 0 Å². The maximum absolute atomic E-state index is 8.49. The monoisotopic (exact) mass is 514 g/mol. The zero-order valence-corrected chi connectivity index (χ0v) is 18.7. The van der Waals surface area contributed by atoms with Crippen molar-refractivity contribution in [2.75, 3.05) is 26.2 Å². The zero-order chi connectivity index (χ0) is 22.5. The van der Waals surface area contributed by atoms with Gasteiger partial charge in [0.1, 0.15) is 0 Å². The maximum atomic E-state index is 8.49. The second-order valence-corrected chi connectivity index (χ2v) is 7.07. The number of rotatable bonds is 0. The third-order valence-electron chi connectivity index (χ3n) is 3.21. The number of nitrogens with one attached hydrogen (secondary N) is 1. The van der Waals surface area contributed by atoms with E-state index in [2.05, 4.69) is 20.3 Å². The van der Waals surface area contributed by atoms with Gasteiger partial charge in [-0.25, -0.2) is 42.3 Å². The predicted octanol–water partition coefficient (Wildman–Crippen LogP) is -7.43. The molecule has 0 spiro atoms. The van der Waals surface area contributed by atoms with Crippen molar-refractivity contribution in [2.24, 2.45) is 9.98 Å². The first kappa shape index (κ1) is 31.4. The quantitative estimate of drug-likeness (QED) is 0.320. The molecule has 174 valence electrons. The minimum Gasteiger partial charge on any atom is -0.317 e. The van der Waals surface area contributed by atoms with Crippen LogP contribution in [-0.4, -0.2) is 42.6 Å². The van der Waals surface area contributed by atoms with Crippen molar-refractivity contribution in [1.82, 2.24) is 10.3 Å². The van der Waals surface area contributed by atoms with Gasteiger partial charge >= 0.3 is 16.5 Å². The number of aromatic nitrogens is 1. The van der Waals surface area contributed by atoms with Gasteiger partial charge in [0.05, 0.1) is 22.8 Å². The van der Waals surface area contributed by atoms with E-state index in [0.29, 0.717) is 0 Å². The second kappa shape index (κ2) is 15.9. The van der Waals surface area contributed by atoms with Gasteiger partial charge in [-0.15, -0.1) is 20.5 Å². The summed E-state index contributed by atoms with van der Waals surface area (Å²) in [6, 6.07) is 6.06. The van der Waals surface area contributed by atoms with Gasteiger partial charge < -0.3 is 5.32 Å².